The molecular formula is C43H69NO7. The number of carbonyl (C=O) groups excluding carboxylic acids is 3. The number of rotatable bonds is 32. The number of hydrogen-bond donors (Lipinski definition) is 0. The van der Waals surface area contributed by atoms with Crippen LogP contribution in [0.25, 0.3) is 0 Å². The molecule has 0 fully saturated rings. The minimum absolute atomic E-state index is 0.00445. The van der Waals surface area contributed by atoms with E-state index in [1.807, 2.05) is 0 Å². The molecule has 0 saturated carbocycles. The Morgan fingerprint density at radius 1 is 0.588 bits per heavy atom. The van der Waals surface area contributed by atoms with Crippen LogP contribution < -0.4 is 5.11 Å². The topological polar surface area (TPSA) is 102 Å². The molecule has 0 aliphatic carbocycles. The Kier molecular flexibility index (Phi) is 31.3. The van der Waals surface area contributed by atoms with Crippen molar-refractivity contribution < 1.29 is 38.2 Å². The number of unbranched alkanes of at least 4 members (excludes halogenated alkanes) is 4. The van der Waals surface area contributed by atoms with Crippen molar-refractivity contribution >= 4 is 17.9 Å². The molecule has 0 aliphatic rings. The molecule has 0 rings (SSSR count). The number of likely N-dealkylation sites (N-methyl/N-ethyl adjacent to an activating group) is 1. The molecule has 0 aromatic heterocycles. The van der Waals surface area contributed by atoms with Crippen LogP contribution in [0.4, 0.5) is 0 Å². The second-order valence-corrected chi connectivity index (χ2v) is 13.4. The van der Waals surface area contributed by atoms with Crippen LogP contribution in [-0.4, -0.2) is 75.5 Å². The zero-order chi connectivity index (χ0) is 37.8. The van der Waals surface area contributed by atoms with Crippen LogP contribution in [0, 0.1) is 0 Å². The van der Waals surface area contributed by atoms with E-state index in [2.05, 4.69) is 98.9 Å². The van der Waals surface area contributed by atoms with Gasteiger partial charge in [0, 0.05) is 19.3 Å². The second-order valence-electron chi connectivity index (χ2n) is 13.4. The molecular weight excluding hydrogens is 642 g/mol. The molecule has 2 unspecified atom stereocenters. The van der Waals surface area contributed by atoms with Crippen molar-refractivity contribution in [2.24, 2.45) is 0 Å². The normalized spacial score (nSPS) is 14.0. The minimum Gasteiger partial charge on any atom is -0.544 e. The predicted octanol–water partition coefficient (Wildman–Crippen LogP) is 8.46. The molecule has 0 N–H and O–H groups in total. The van der Waals surface area contributed by atoms with Crippen LogP contribution in [-0.2, 0) is 28.6 Å². The first kappa shape index (κ1) is 47.5. The Hall–Kier alpha value is -3.49. The molecule has 0 aromatic carbocycles. The minimum atomic E-state index is -1.14. The summed E-state index contributed by atoms with van der Waals surface area (Å²) >= 11 is 0. The maximum atomic E-state index is 12.6. The predicted molar refractivity (Wildman–Crippen MR) is 208 cm³/mol. The number of esters is 2. The average Bonchev–Trinajstić information content (AvgIpc) is 3.08. The van der Waals surface area contributed by atoms with Crippen molar-refractivity contribution in [3.63, 3.8) is 0 Å². The van der Waals surface area contributed by atoms with E-state index in [4.69, 9.17) is 14.2 Å². The largest absolute Gasteiger partial charge is 0.544 e. The SMILES string of the molecule is CC/C=C/C/C=C/C/C=C/C/C=C/CCCCCC(=O)OCC(COCCC(C(=O)[O-])[N+](C)(C)C)OC(=O)CCC/C=C/C/C=C/C/C=C/CC. The molecule has 51 heavy (non-hydrogen) atoms. The lowest BCUT2D eigenvalue weighted by molar-refractivity contribution is -0.889. The van der Waals surface area contributed by atoms with E-state index in [-0.39, 0.29) is 49.1 Å². The molecule has 0 spiro atoms. The zero-order valence-corrected chi connectivity index (χ0v) is 32.5. The highest BCUT2D eigenvalue weighted by atomic mass is 16.6. The van der Waals surface area contributed by atoms with Gasteiger partial charge in [-0.3, -0.25) is 9.59 Å². The summed E-state index contributed by atoms with van der Waals surface area (Å²) in [6.07, 6.45) is 42.0. The number of carbonyl (C=O) groups is 3. The number of quaternary nitrogens is 1. The standard InChI is InChI=1S/C43H69NO7/c1-6-8-10-12-14-16-18-19-20-21-22-24-25-27-29-31-33-41(45)50-38-39(37-49-36-35-40(43(47)48)44(3,4)5)51-42(46)34-32-30-28-26-23-17-15-13-11-9-7-2/h8-11,14-17,19-20,22,24,26,28,39-40H,6-7,12-13,18,21,23,25,27,29-38H2,1-5H3/b10-8+,11-9+,16-14+,17-15+,20-19+,24-22+,28-26+. The van der Waals surface area contributed by atoms with Crippen molar-refractivity contribution in [2.45, 2.75) is 129 Å². The highest BCUT2D eigenvalue weighted by Crippen LogP contribution is 2.10. The van der Waals surface area contributed by atoms with Gasteiger partial charge < -0.3 is 28.6 Å². The Bertz CT molecular complexity index is 1110. The van der Waals surface area contributed by atoms with Crippen LogP contribution in [0.15, 0.2) is 85.1 Å². The highest BCUT2D eigenvalue weighted by molar-refractivity contribution is 5.70. The summed E-state index contributed by atoms with van der Waals surface area (Å²) < 4.78 is 17.0. The van der Waals surface area contributed by atoms with Gasteiger partial charge in [-0.2, -0.15) is 0 Å². The molecule has 0 bridgehead atoms. The summed E-state index contributed by atoms with van der Waals surface area (Å²) in [6, 6.07) is -0.742. The fourth-order valence-electron chi connectivity index (χ4n) is 4.85. The van der Waals surface area contributed by atoms with Crippen LogP contribution in [0.5, 0.6) is 0 Å². The van der Waals surface area contributed by atoms with Crippen LogP contribution >= 0.6 is 0 Å². The van der Waals surface area contributed by atoms with Crippen LogP contribution in [0.2, 0.25) is 0 Å². The van der Waals surface area contributed by atoms with E-state index in [9.17, 15) is 19.5 Å². The molecule has 0 aliphatic heterocycles. The summed E-state index contributed by atoms with van der Waals surface area (Å²) in [5, 5.41) is 11.6. The fourth-order valence-corrected chi connectivity index (χ4v) is 4.85. The van der Waals surface area contributed by atoms with Gasteiger partial charge in [-0.05, 0) is 77.0 Å². The number of ether oxygens (including phenoxy) is 3. The molecule has 8 heteroatoms. The second kappa shape index (κ2) is 33.6. The van der Waals surface area contributed by atoms with Crippen molar-refractivity contribution in [3.05, 3.63) is 85.1 Å². The van der Waals surface area contributed by atoms with E-state index in [1.54, 1.807) is 21.1 Å². The summed E-state index contributed by atoms with van der Waals surface area (Å²) in [6.45, 7) is 4.29. The Labute approximate surface area is 310 Å². The Morgan fingerprint density at radius 3 is 1.55 bits per heavy atom. The van der Waals surface area contributed by atoms with Gasteiger partial charge in [0.05, 0.1) is 40.3 Å². The van der Waals surface area contributed by atoms with Gasteiger partial charge >= 0.3 is 11.9 Å². The number of carboxylic acids is 1. The smallest absolute Gasteiger partial charge is 0.306 e. The quantitative estimate of drug-likeness (QED) is 0.0299. The summed E-state index contributed by atoms with van der Waals surface area (Å²) in [5.74, 6) is -1.86. The van der Waals surface area contributed by atoms with E-state index in [0.717, 1.165) is 77.0 Å². The summed E-state index contributed by atoms with van der Waals surface area (Å²) in [4.78, 5) is 36.6. The molecule has 0 heterocycles. The van der Waals surface area contributed by atoms with Gasteiger partial charge in [0.2, 0.25) is 0 Å². The highest BCUT2D eigenvalue weighted by Gasteiger charge is 2.25. The van der Waals surface area contributed by atoms with Crippen molar-refractivity contribution in [3.8, 4) is 0 Å². The number of aliphatic carboxylic acids is 1. The van der Waals surface area contributed by atoms with E-state index < -0.39 is 18.1 Å². The molecule has 288 valence electrons. The molecule has 0 aromatic rings. The van der Waals surface area contributed by atoms with Gasteiger partial charge in [-0.1, -0.05) is 105 Å². The molecule has 0 radical (unpaired) electrons. The van der Waals surface area contributed by atoms with Gasteiger partial charge in [0.1, 0.15) is 12.6 Å². The third kappa shape index (κ3) is 32.2. The van der Waals surface area contributed by atoms with E-state index in [1.165, 1.54) is 0 Å². The lowest BCUT2D eigenvalue weighted by Gasteiger charge is -2.34. The molecule has 8 nitrogen and oxygen atoms in total. The first-order chi connectivity index (χ1) is 24.6. The number of hydrogen-bond acceptors (Lipinski definition) is 7. The van der Waals surface area contributed by atoms with Gasteiger partial charge in [-0.15, -0.1) is 0 Å². The van der Waals surface area contributed by atoms with Crippen molar-refractivity contribution in [2.75, 3.05) is 41.0 Å². The van der Waals surface area contributed by atoms with Crippen LogP contribution in [0.3, 0.4) is 0 Å². The number of allylic oxidation sites excluding steroid dienone is 14. The maximum absolute atomic E-state index is 12.6. The summed E-state index contributed by atoms with van der Waals surface area (Å²) in [5.41, 5.74) is 0. The number of carboxylic acid groups (broad SMARTS) is 1. The maximum Gasteiger partial charge on any atom is 0.306 e. The third-order valence-corrected chi connectivity index (χ3v) is 7.78. The Balaban J connectivity index is 4.54. The first-order valence-corrected chi connectivity index (χ1v) is 19.1. The summed E-state index contributed by atoms with van der Waals surface area (Å²) in [7, 11) is 5.35. The number of nitrogens with zero attached hydrogens (tertiary/aromatic N) is 1. The molecule has 2 atom stereocenters. The van der Waals surface area contributed by atoms with Crippen molar-refractivity contribution in [1.82, 2.24) is 0 Å². The lowest BCUT2D eigenvalue weighted by Crippen LogP contribution is -2.55. The first-order valence-electron chi connectivity index (χ1n) is 19.1. The van der Waals surface area contributed by atoms with Crippen molar-refractivity contribution in [1.29, 1.82) is 0 Å². The average molecular weight is 712 g/mol. The third-order valence-electron chi connectivity index (χ3n) is 7.78. The Morgan fingerprint density at radius 2 is 1.06 bits per heavy atom. The van der Waals surface area contributed by atoms with E-state index in [0.29, 0.717) is 12.8 Å². The van der Waals surface area contributed by atoms with Gasteiger partial charge in [-0.25, -0.2) is 0 Å². The zero-order valence-electron chi connectivity index (χ0n) is 32.5. The van der Waals surface area contributed by atoms with Gasteiger partial charge in [0.15, 0.2) is 6.10 Å². The lowest BCUT2D eigenvalue weighted by atomic mass is 10.1. The molecule has 0 amide bonds. The van der Waals surface area contributed by atoms with Crippen LogP contribution in [0.1, 0.15) is 117 Å². The van der Waals surface area contributed by atoms with E-state index >= 15 is 0 Å². The van der Waals surface area contributed by atoms with Gasteiger partial charge in [0.25, 0.3) is 0 Å². The molecule has 0 saturated heterocycles. The monoisotopic (exact) mass is 712 g/mol. The fraction of sp³-hybridized carbons (Fsp3) is 0.605.